The topological polar surface area (TPSA) is 191 Å². The summed E-state index contributed by atoms with van der Waals surface area (Å²) >= 11 is 0. The minimum absolute atomic E-state index is 0.0889. The first-order valence-electron chi connectivity index (χ1n) is 10.7. The normalized spacial score (nSPS) is 15.0. The number of nitrogens with zero attached hydrogens (tertiary/aromatic N) is 4. The van der Waals surface area contributed by atoms with Gasteiger partial charge in [0.1, 0.15) is 0 Å². The molecule has 0 saturated heterocycles. The number of rotatable bonds is 10. The van der Waals surface area contributed by atoms with Crippen LogP contribution in [0.25, 0.3) is 0 Å². The zero-order valence-electron chi connectivity index (χ0n) is 19.9. The van der Waals surface area contributed by atoms with Crippen LogP contribution in [0.5, 0.6) is 0 Å². The molecule has 0 radical (unpaired) electrons. The average molecular weight is 504 g/mol. The fourth-order valence-corrected chi connectivity index (χ4v) is 2.83. The average Bonchev–Trinajstić information content (AvgIpc) is 2.87. The monoisotopic (exact) mass is 504 g/mol. The number of hydrogen-bond acceptors (Lipinski definition) is 10. The van der Waals surface area contributed by atoms with Gasteiger partial charge in [-0.05, 0) is 24.3 Å². The van der Waals surface area contributed by atoms with E-state index in [1.807, 2.05) is 0 Å². The molecule has 0 aliphatic carbocycles. The number of non-ortho nitro benzene ring substituents is 2. The van der Waals surface area contributed by atoms with Crippen LogP contribution in [-0.4, -0.2) is 43.0 Å². The largest absolute Gasteiger partial charge is 0.563 e. The quantitative estimate of drug-likeness (QED) is 0.113. The van der Waals surface area contributed by atoms with Crippen molar-refractivity contribution in [2.75, 3.05) is 0 Å². The van der Waals surface area contributed by atoms with Crippen molar-refractivity contribution < 1.29 is 38.6 Å². The van der Waals surface area contributed by atoms with Gasteiger partial charge in [-0.15, -0.1) is 0 Å². The fraction of sp³-hybridized carbons (Fsp3) is 0.364. The highest BCUT2D eigenvalue weighted by atomic mass is 16.7. The number of nitro groups is 2. The molecule has 2 unspecified atom stereocenters. The second-order valence-corrected chi connectivity index (χ2v) is 7.99. The van der Waals surface area contributed by atoms with Crippen LogP contribution < -0.4 is 0 Å². The summed E-state index contributed by atoms with van der Waals surface area (Å²) in [7, 11) is 0. The van der Waals surface area contributed by atoms with Gasteiger partial charge in [-0.2, -0.15) is 0 Å². The van der Waals surface area contributed by atoms with Crippen molar-refractivity contribution in [1.29, 1.82) is 0 Å². The molecule has 0 heterocycles. The maximum absolute atomic E-state index is 13.0. The molecule has 0 aliphatic rings. The lowest BCUT2D eigenvalue weighted by Crippen LogP contribution is -2.51. The van der Waals surface area contributed by atoms with Gasteiger partial charge < -0.3 is 19.9 Å². The minimum Gasteiger partial charge on any atom is -0.563 e. The highest BCUT2D eigenvalue weighted by Gasteiger charge is 2.49. The molecule has 2 rings (SSSR count). The third-order valence-electron chi connectivity index (χ3n) is 5.54. The standard InChI is InChI=1S/C22H24N4O10/c1-5-21(3,35-19(27)15-7-11-17(12-8-15)23(29)30)25(33)26(34)22(4,6-2)36-20(28)16-9-13-18(14-10-16)24(31)32/h7-14H,5-6H2,1-4H3/b26-25+. The summed E-state index contributed by atoms with van der Waals surface area (Å²) < 4.78 is 10.6. The Bertz CT molecular complexity index is 1100. The van der Waals surface area contributed by atoms with Gasteiger partial charge in [0.2, 0.25) is 0 Å². The van der Waals surface area contributed by atoms with Crippen LogP contribution in [0.15, 0.2) is 48.5 Å². The Morgan fingerprint density at radius 2 is 0.944 bits per heavy atom. The SMILES string of the molecule is CCC(C)(OC(=O)c1ccc([N+](=O)[O-])cc1)/[N+]([O-])=[N+](\[O-])C(C)(CC)OC(=O)c1ccc([N+](=O)[O-])cc1. The number of nitro benzene ring substituents is 2. The molecular weight excluding hydrogens is 480 g/mol. The molecule has 0 amide bonds. The molecule has 0 fully saturated rings. The first kappa shape index (κ1) is 27.6. The highest BCUT2D eigenvalue weighted by molar-refractivity contribution is 5.90. The summed E-state index contributed by atoms with van der Waals surface area (Å²) in [6, 6.07) is 8.90. The smallest absolute Gasteiger partial charge is 0.377 e. The van der Waals surface area contributed by atoms with E-state index in [4.69, 9.17) is 9.47 Å². The van der Waals surface area contributed by atoms with Crippen LogP contribution in [0.4, 0.5) is 11.4 Å². The summed E-state index contributed by atoms with van der Waals surface area (Å²) in [4.78, 5) is 45.1. The Hall–Kier alpha value is -4.62. The molecule has 0 aliphatic heterocycles. The van der Waals surface area contributed by atoms with Crippen molar-refractivity contribution in [3.63, 3.8) is 0 Å². The third-order valence-corrected chi connectivity index (χ3v) is 5.54. The van der Waals surface area contributed by atoms with Crippen molar-refractivity contribution in [2.45, 2.75) is 52.0 Å². The zero-order valence-corrected chi connectivity index (χ0v) is 19.9. The summed E-state index contributed by atoms with van der Waals surface area (Å²) in [6.07, 6.45) is -0.298. The maximum Gasteiger partial charge on any atom is 0.377 e. The summed E-state index contributed by atoms with van der Waals surface area (Å²) in [6.45, 7) is 5.33. The number of carbonyl (C=O) groups excluding carboxylic acids is 2. The van der Waals surface area contributed by atoms with Crippen molar-refractivity contribution in [1.82, 2.24) is 0 Å². The van der Waals surface area contributed by atoms with Crippen LogP contribution in [0.2, 0.25) is 0 Å². The predicted octanol–water partition coefficient (Wildman–Crippen LogP) is 4.24. The third kappa shape index (κ3) is 5.89. The lowest BCUT2D eigenvalue weighted by Gasteiger charge is -2.28. The number of azo groups is 1. The van der Waals surface area contributed by atoms with Gasteiger partial charge in [0.15, 0.2) is 0 Å². The number of hydrogen-bond donors (Lipinski definition) is 0. The van der Waals surface area contributed by atoms with Gasteiger partial charge in [0.25, 0.3) is 11.4 Å². The lowest BCUT2D eigenvalue weighted by atomic mass is 10.1. The van der Waals surface area contributed by atoms with Gasteiger partial charge in [0, 0.05) is 38.1 Å². The van der Waals surface area contributed by atoms with Crippen molar-refractivity contribution in [3.05, 3.63) is 90.3 Å². The Balaban J connectivity index is 2.31. The Morgan fingerprint density at radius 3 is 1.17 bits per heavy atom. The summed E-state index contributed by atoms with van der Waals surface area (Å²) in [5.41, 5.74) is -4.75. The summed E-state index contributed by atoms with van der Waals surface area (Å²) in [5, 5.41) is 47.7. The number of ether oxygens (including phenoxy) is 2. The van der Waals surface area contributed by atoms with Gasteiger partial charge in [-0.25, -0.2) is 9.59 Å². The number of carbonyl (C=O) groups is 2. The Kier molecular flexibility index (Phi) is 8.25. The fourth-order valence-electron chi connectivity index (χ4n) is 2.83. The molecule has 0 aromatic heterocycles. The Labute approximate surface area is 204 Å². The van der Waals surface area contributed by atoms with Crippen LogP contribution in [-0.2, 0) is 9.47 Å². The van der Waals surface area contributed by atoms with E-state index in [1.54, 1.807) is 0 Å². The number of benzene rings is 2. The second-order valence-electron chi connectivity index (χ2n) is 7.99. The molecule has 2 aromatic rings. The molecule has 0 spiro atoms. The van der Waals surface area contributed by atoms with Crippen molar-refractivity contribution in [2.24, 2.45) is 0 Å². The lowest BCUT2D eigenvalue weighted by molar-refractivity contribution is -1.05. The molecule has 2 atom stereocenters. The molecule has 2 aromatic carbocycles. The summed E-state index contributed by atoms with van der Waals surface area (Å²) in [5.74, 6) is -2.02. The molecule has 0 saturated carbocycles. The van der Waals surface area contributed by atoms with Crippen molar-refractivity contribution in [3.8, 4) is 0 Å². The molecule has 14 nitrogen and oxygen atoms in total. The van der Waals surface area contributed by atoms with E-state index in [9.17, 15) is 40.2 Å². The van der Waals surface area contributed by atoms with E-state index < -0.39 is 33.2 Å². The molecule has 14 heteroatoms. The van der Waals surface area contributed by atoms with Gasteiger partial charge in [-0.1, -0.05) is 13.8 Å². The molecular formula is C22H24N4O10. The molecule has 0 N–H and O–H groups in total. The molecule has 36 heavy (non-hydrogen) atoms. The van der Waals surface area contributed by atoms with Crippen LogP contribution >= 0.6 is 0 Å². The minimum atomic E-state index is -2.03. The van der Waals surface area contributed by atoms with Gasteiger partial charge in [0.05, 0.1) is 43.5 Å². The maximum atomic E-state index is 13.0. The van der Waals surface area contributed by atoms with E-state index in [-0.39, 0.29) is 45.1 Å². The van der Waals surface area contributed by atoms with Crippen LogP contribution in [0, 0.1) is 30.6 Å². The van der Waals surface area contributed by atoms with E-state index in [2.05, 4.69) is 0 Å². The van der Waals surface area contributed by atoms with E-state index in [1.165, 1.54) is 27.7 Å². The molecule has 0 bridgehead atoms. The second kappa shape index (κ2) is 10.8. The van der Waals surface area contributed by atoms with Crippen molar-refractivity contribution >= 4 is 23.3 Å². The van der Waals surface area contributed by atoms with E-state index in [0.29, 0.717) is 0 Å². The van der Waals surface area contributed by atoms with E-state index >= 15 is 0 Å². The van der Waals surface area contributed by atoms with Gasteiger partial charge >= 0.3 is 23.4 Å². The van der Waals surface area contributed by atoms with Crippen LogP contribution in [0.1, 0.15) is 61.3 Å². The highest BCUT2D eigenvalue weighted by Crippen LogP contribution is 2.25. The first-order chi connectivity index (χ1) is 16.8. The predicted molar refractivity (Wildman–Crippen MR) is 122 cm³/mol. The van der Waals surface area contributed by atoms with Gasteiger partial charge in [-0.3, -0.25) is 20.2 Å². The van der Waals surface area contributed by atoms with Crippen LogP contribution in [0.3, 0.4) is 0 Å². The zero-order chi connectivity index (χ0) is 27.3. The number of hydroxylamine groups is 2. The van der Waals surface area contributed by atoms with E-state index in [0.717, 1.165) is 48.5 Å². The molecule has 192 valence electrons. The first-order valence-corrected chi connectivity index (χ1v) is 10.7. The Morgan fingerprint density at radius 1 is 0.667 bits per heavy atom. The number of esters is 2.